The second-order valence-corrected chi connectivity index (χ2v) is 7.25. The van der Waals surface area contributed by atoms with Gasteiger partial charge in [-0.15, -0.1) is 0 Å². The van der Waals surface area contributed by atoms with Crippen LogP contribution >= 0.6 is 11.6 Å². The number of nitrogens with one attached hydrogen (secondary N) is 2. The van der Waals surface area contributed by atoms with Gasteiger partial charge in [-0.3, -0.25) is 4.79 Å². The fourth-order valence-electron chi connectivity index (χ4n) is 3.37. The number of dihydropyridines is 1. The zero-order chi connectivity index (χ0) is 23.7. The van der Waals surface area contributed by atoms with Crippen LogP contribution in [-0.2, 0) is 28.6 Å². The number of allylic oxidation sites excluding steroid dienone is 1. The number of carbonyl (C=O) groups is 3. The summed E-state index contributed by atoms with van der Waals surface area (Å²) in [6.07, 6.45) is 0. The minimum atomic E-state index is -0.968. The number of hydrogen-bond acceptors (Lipinski definition) is 8. The SMILES string of the molecule is CCOC(=O)C1=C(COCCNCC(=O)O)NC(C)=C(C(=O)OC)C1c1ccccc1Cl.O. The number of benzene rings is 1. The van der Waals surface area contributed by atoms with Gasteiger partial charge in [-0.05, 0) is 25.5 Å². The standard InChI is InChI=1S/C22H27ClN2O7.H2O/c1-4-32-22(29)20-16(12-31-10-9-24-11-17(26)27)25-13(2)18(21(28)30-3)19(20)14-7-5-6-8-15(14)23;/h5-8,19,24-25H,4,9-12H2,1-3H3,(H,26,27);1H2. The Morgan fingerprint density at radius 2 is 1.88 bits per heavy atom. The van der Waals surface area contributed by atoms with Crippen LogP contribution in [0.15, 0.2) is 46.8 Å². The molecule has 0 aliphatic carbocycles. The summed E-state index contributed by atoms with van der Waals surface area (Å²) >= 11 is 6.44. The molecule has 1 aromatic rings. The molecule has 1 aliphatic rings. The van der Waals surface area contributed by atoms with Crippen LogP contribution in [0.1, 0.15) is 25.3 Å². The van der Waals surface area contributed by atoms with Crippen LogP contribution in [0.3, 0.4) is 0 Å². The van der Waals surface area contributed by atoms with E-state index in [2.05, 4.69) is 10.6 Å². The molecule has 0 saturated carbocycles. The van der Waals surface area contributed by atoms with Crippen molar-refractivity contribution in [3.8, 4) is 0 Å². The molecule has 0 aromatic heterocycles. The summed E-state index contributed by atoms with van der Waals surface area (Å²) in [5.74, 6) is -2.99. The lowest BCUT2D eigenvalue weighted by Crippen LogP contribution is -2.35. The fourth-order valence-corrected chi connectivity index (χ4v) is 3.62. The molecular formula is C22H29ClN2O8. The monoisotopic (exact) mass is 484 g/mol. The summed E-state index contributed by atoms with van der Waals surface area (Å²) in [7, 11) is 1.27. The van der Waals surface area contributed by atoms with Crippen molar-refractivity contribution in [1.82, 2.24) is 10.6 Å². The molecule has 1 aliphatic heterocycles. The van der Waals surface area contributed by atoms with Crippen LogP contribution in [0.5, 0.6) is 0 Å². The van der Waals surface area contributed by atoms with Gasteiger partial charge < -0.3 is 35.4 Å². The van der Waals surface area contributed by atoms with Gasteiger partial charge in [-0.1, -0.05) is 29.8 Å². The summed E-state index contributed by atoms with van der Waals surface area (Å²) in [6.45, 7) is 3.87. The first kappa shape index (κ1) is 28.1. The van der Waals surface area contributed by atoms with Crippen molar-refractivity contribution in [3.63, 3.8) is 0 Å². The molecule has 0 spiro atoms. The zero-order valence-electron chi connectivity index (χ0n) is 18.7. The number of rotatable bonds is 11. The third-order valence-corrected chi connectivity index (χ3v) is 5.05. The minimum absolute atomic E-state index is 0. The maximum Gasteiger partial charge on any atom is 0.336 e. The first-order valence-corrected chi connectivity index (χ1v) is 10.4. The molecular weight excluding hydrogens is 456 g/mol. The van der Waals surface area contributed by atoms with Gasteiger partial charge in [0.1, 0.15) is 0 Å². The number of hydrogen-bond donors (Lipinski definition) is 3. The number of methoxy groups -OCH3 is 1. The second kappa shape index (κ2) is 13.6. The zero-order valence-corrected chi connectivity index (χ0v) is 19.5. The number of carbonyl (C=O) groups excluding carboxylic acids is 2. The van der Waals surface area contributed by atoms with Crippen molar-refractivity contribution < 1.29 is 39.2 Å². The molecule has 33 heavy (non-hydrogen) atoms. The van der Waals surface area contributed by atoms with Crippen molar-refractivity contribution in [2.45, 2.75) is 19.8 Å². The van der Waals surface area contributed by atoms with Crippen molar-refractivity contribution >= 4 is 29.5 Å². The number of ether oxygens (including phenoxy) is 3. The van der Waals surface area contributed by atoms with E-state index in [0.29, 0.717) is 28.5 Å². The molecule has 10 nitrogen and oxygen atoms in total. The van der Waals surface area contributed by atoms with Crippen LogP contribution in [-0.4, -0.2) is 68.5 Å². The Bertz CT molecular complexity index is 929. The summed E-state index contributed by atoms with van der Waals surface area (Å²) in [4.78, 5) is 36.3. The van der Waals surface area contributed by atoms with E-state index < -0.39 is 23.8 Å². The minimum Gasteiger partial charge on any atom is -0.480 e. The topological polar surface area (TPSA) is 155 Å². The van der Waals surface area contributed by atoms with E-state index in [1.165, 1.54) is 7.11 Å². The van der Waals surface area contributed by atoms with Gasteiger partial charge >= 0.3 is 17.9 Å². The van der Waals surface area contributed by atoms with Gasteiger partial charge in [0, 0.05) is 17.3 Å². The van der Waals surface area contributed by atoms with Crippen LogP contribution in [0, 0.1) is 0 Å². The number of aliphatic carboxylic acids is 1. The summed E-state index contributed by atoms with van der Waals surface area (Å²) in [5, 5.41) is 14.8. The molecule has 1 aromatic carbocycles. The number of halogens is 1. The lowest BCUT2D eigenvalue weighted by atomic mass is 9.80. The molecule has 0 bridgehead atoms. The number of carboxylic acid groups (broad SMARTS) is 1. The Kier molecular flexibility index (Phi) is 11.6. The summed E-state index contributed by atoms with van der Waals surface area (Å²) in [6, 6.07) is 6.93. The average molecular weight is 485 g/mol. The first-order valence-electron chi connectivity index (χ1n) is 10.0. The van der Waals surface area contributed by atoms with Gasteiger partial charge in [-0.25, -0.2) is 9.59 Å². The lowest BCUT2D eigenvalue weighted by molar-refractivity contribution is -0.139. The van der Waals surface area contributed by atoms with Gasteiger partial charge in [0.25, 0.3) is 0 Å². The molecule has 5 N–H and O–H groups in total. The Morgan fingerprint density at radius 3 is 2.48 bits per heavy atom. The molecule has 0 radical (unpaired) electrons. The van der Waals surface area contributed by atoms with Crippen molar-refractivity contribution in [2.75, 3.05) is 40.0 Å². The number of esters is 2. The molecule has 0 amide bonds. The Balaban J connectivity index is 0.00000544. The van der Waals surface area contributed by atoms with Crippen LogP contribution < -0.4 is 10.6 Å². The third kappa shape index (κ3) is 7.29. The molecule has 2 rings (SSSR count). The van der Waals surface area contributed by atoms with Crippen molar-refractivity contribution in [3.05, 3.63) is 57.4 Å². The van der Waals surface area contributed by atoms with E-state index in [1.807, 2.05) is 0 Å². The molecule has 1 heterocycles. The third-order valence-electron chi connectivity index (χ3n) is 4.71. The normalized spacial score (nSPS) is 15.5. The molecule has 182 valence electrons. The van der Waals surface area contributed by atoms with Gasteiger partial charge in [0.15, 0.2) is 0 Å². The van der Waals surface area contributed by atoms with E-state index >= 15 is 0 Å². The highest BCUT2D eigenvalue weighted by molar-refractivity contribution is 6.31. The van der Waals surface area contributed by atoms with Gasteiger partial charge in [0.05, 0.1) is 56.2 Å². The molecule has 0 fully saturated rings. The highest BCUT2D eigenvalue weighted by Gasteiger charge is 2.39. The Hall–Kier alpha value is -2.92. The van der Waals surface area contributed by atoms with Crippen molar-refractivity contribution in [2.24, 2.45) is 0 Å². The van der Waals surface area contributed by atoms with Crippen LogP contribution in [0.25, 0.3) is 0 Å². The maximum atomic E-state index is 13.0. The predicted molar refractivity (Wildman–Crippen MR) is 121 cm³/mol. The van der Waals surface area contributed by atoms with Gasteiger partial charge in [-0.2, -0.15) is 0 Å². The summed E-state index contributed by atoms with van der Waals surface area (Å²) < 4.78 is 15.9. The van der Waals surface area contributed by atoms with E-state index in [-0.39, 0.29) is 43.0 Å². The number of carboxylic acids is 1. The largest absolute Gasteiger partial charge is 0.480 e. The Morgan fingerprint density at radius 1 is 1.18 bits per heavy atom. The maximum absolute atomic E-state index is 13.0. The Labute approximate surface area is 196 Å². The molecule has 0 saturated heterocycles. The average Bonchev–Trinajstić information content (AvgIpc) is 2.75. The molecule has 11 heteroatoms. The summed E-state index contributed by atoms with van der Waals surface area (Å²) in [5.41, 5.74) is 1.92. The fraction of sp³-hybridized carbons (Fsp3) is 0.409. The van der Waals surface area contributed by atoms with E-state index in [0.717, 1.165) is 0 Å². The second-order valence-electron chi connectivity index (χ2n) is 6.85. The van der Waals surface area contributed by atoms with E-state index in [9.17, 15) is 14.4 Å². The highest BCUT2D eigenvalue weighted by atomic mass is 35.5. The van der Waals surface area contributed by atoms with Crippen LogP contribution in [0.4, 0.5) is 0 Å². The molecule has 1 atom stereocenters. The van der Waals surface area contributed by atoms with Crippen LogP contribution in [0.2, 0.25) is 5.02 Å². The van der Waals surface area contributed by atoms with E-state index in [4.69, 9.17) is 30.9 Å². The van der Waals surface area contributed by atoms with Gasteiger partial charge in [0.2, 0.25) is 0 Å². The first-order chi connectivity index (χ1) is 15.3. The molecule has 1 unspecified atom stereocenters. The lowest BCUT2D eigenvalue weighted by Gasteiger charge is -2.31. The quantitative estimate of drug-likeness (QED) is 0.310. The predicted octanol–water partition coefficient (Wildman–Crippen LogP) is 1.16. The smallest absolute Gasteiger partial charge is 0.336 e. The van der Waals surface area contributed by atoms with E-state index in [1.54, 1.807) is 38.1 Å². The van der Waals surface area contributed by atoms with Crippen molar-refractivity contribution in [1.29, 1.82) is 0 Å². The highest BCUT2D eigenvalue weighted by Crippen LogP contribution is 2.41.